The zero-order valence-electron chi connectivity index (χ0n) is 10.1. The Morgan fingerprint density at radius 2 is 2.11 bits per heavy atom. The molecule has 1 aliphatic carbocycles. The Morgan fingerprint density at radius 1 is 1.33 bits per heavy atom. The molecule has 0 aromatic heterocycles. The lowest BCUT2D eigenvalue weighted by Crippen LogP contribution is -2.29. The lowest BCUT2D eigenvalue weighted by atomic mass is 10.2. The number of nitrogens with one attached hydrogen (secondary N) is 2. The number of hydrogen-bond acceptors (Lipinski definition) is 3. The van der Waals surface area contributed by atoms with E-state index in [0.717, 1.165) is 12.5 Å². The van der Waals surface area contributed by atoms with Gasteiger partial charge in [-0.05, 0) is 43.5 Å². The molecule has 5 heteroatoms. The molecule has 2 amide bonds. The van der Waals surface area contributed by atoms with Gasteiger partial charge in [0, 0.05) is 11.3 Å². The molecule has 1 aromatic rings. The van der Waals surface area contributed by atoms with Crippen molar-refractivity contribution in [1.82, 2.24) is 5.32 Å². The summed E-state index contributed by atoms with van der Waals surface area (Å²) < 4.78 is 0. The van der Waals surface area contributed by atoms with Gasteiger partial charge in [-0.3, -0.25) is 9.59 Å². The molecule has 1 saturated carbocycles. The Bertz CT molecular complexity index is 455. The number of carbonyl (C=O) groups excluding carboxylic acids is 2. The Labute approximate surface area is 106 Å². The molecule has 96 valence electrons. The van der Waals surface area contributed by atoms with Gasteiger partial charge in [-0.15, -0.1) is 0 Å². The fourth-order valence-electron chi connectivity index (χ4n) is 1.67. The molecule has 1 fully saturated rings. The summed E-state index contributed by atoms with van der Waals surface area (Å²) in [6, 6.07) is 6.60. The second-order valence-electron chi connectivity index (χ2n) is 4.57. The zero-order valence-corrected chi connectivity index (χ0v) is 10.1. The maximum Gasteiger partial charge on any atom is 0.248 e. The average molecular weight is 247 g/mol. The smallest absolute Gasteiger partial charge is 0.248 e. The molecular formula is C13H17N3O2. The fraction of sp³-hybridized carbons (Fsp3) is 0.385. The Kier molecular flexibility index (Phi) is 3.94. The molecule has 1 aromatic carbocycles. The van der Waals surface area contributed by atoms with Crippen molar-refractivity contribution >= 4 is 17.5 Å². The van der Waals surface area contributed by atoms with E-state index < -0.39 is 5.91 Å². The standard InChI is InChI=1S/C13H17N3O2/c14-13(18)10-2-1-3-11(6-10)16-12(17)8-15-7-9-4-5-9/h1-3,6,9,15H,4-5,7-8H2,(H2,14,18)(H,16,17). The molecule has 4 N–H and O–H groups in total. The number of primary amides is 1. The average Bonchev–Trinajstić information content (AvgIpc) is 3.13. The van der Waals surface area contributed by atoms with Crippen molar-refractivity contribution in [1.29, 1.82) is 0 Å². The molecule has 0 heterocycles. The van der Waals surface area contributed by atoms with Gasteiger partial charge in [0.1, 0.15) is 0 Å². The Morgan fingerprint density at radius 3 is 2.78 bits per heavy atom. The number of hydrogen-bond donors (Lipinski definition) is 3. The summed E-state index contributed by atoms with van der Waals surface area (Å²) in [4.78, 5) is 22.6. The summed E-state index contributed by atoms with van der Waals surface area (Å²) in [6.45, 7) is 1.19. The lowest BCUT2D eigenvalue weighted by molar-refractivity contribution is -0.115. The summed E-state index contributed by atoms with van der Waals surface area (Å²) in [5, 5.41) is 5.82. The first kappa shape index (κ1) is 12.6. The van der Waals surface area contributed by atoms with Crippen molar-refractivity contribution in [2.45, 2.75) is 12.8 Å². The molecule has 0 spiro atoms. The zero-order chi connectivity index (χ0) is 13.0. The predicted octanol–water partition coefficient (Wildman–Crippen LogP) is 0.724. The van der Waals surface area contributed by atoms with Gasteiger partial charge >= 0.3 is 0 Å². The van der Waals surface area contributed by atoms with Crippen LogP contribution in [0.3, 0.4) is 0 Å². The van der Waals surface area contributed by atoms with E-state index >= 15 is 0 Å². The van der Waals surface area contributed by atoms with Crippen molar-refractivity contribution in [2.75, 3.05) is 18.4 Å². The third kappa shape index (κ3) is 3.85. The van der Waals surface area contributed by atoms with Gasteiger partial charge in [0.25, 0.3) is 0 Å². The van der Waals surface area contributed by atoms with Gasteiger partial charge in [-0.2, -0.15) is 0 Å². The largest absolute Gasteiger partial charge is 0.366 e. The molecule has 5 nitrogen and oxygen atoms in total. The molecular weight excluding hydrogens is 230 g/mol. The first-order valence-electron chi connectivity index (χ1n) is 6.05. The number of carbonyl (C=O) groups is 2. The summed E-state index contributed by atoms with van der Waals surface area (Å²) in [7, 11) is 0. The van der Waals surface area contributed by atoms with E-state index in [2.05, 4.69) is 10.6 Å². The maximum atomic E-state index is 11.6. The number of benzene rings is 1. The third-order valence-corrected chi connectivity index (χ3v) is 2.85. The predicted molar refractivity (Wildman–Crippen MR) is 69.2 cm³/mol. The van der Waals surface area contributed by atoms with Crippen LogP contribution in [0.25, 0.3) is 0 Å². The number of rotatable bonds is 6. The van der Waals surface area contributed by atoms with E-state index in [0.29, 0.717) is 11.3 Å². The van der Waals surface area contributed by atoms with Crippen LogP contribution in [0.5, 0.6) is 0 Å². The minimum absolute atomic E-state index is 0.114. The van der Waals surface area contributed by atoms with Crippen molar-refractivity contribution in [3.05, 3.63) is 29.8 Å². The van der Waals surface area contributed by atoms with Crippen LogP contribution in [-0.4, -0.2) is 24.9 Å². The van der Waals surface area contributed by atoms with Gasteiger partial charge in [-0.25, -0.2) is 0 Å². The van der Waals surface area contributed by atoms with Crippen LogP contribution in [0.1, 0.15) is 23.2 Å². The van der Waals surface area contributed by atoms with Crippen molar-refractivity contribution in [3.8, 4) is 0 Å². The topological polar surface area (TPSA) is 84.2 Å². The van der Waals surface area contributed by atoms with Crippen LogP contribution in [0, 0.1) is 5.92 Å². The molecule has 0 bridgehead atoms. The van der Waals surface area contributed by atoms with Crippen LogP contribution in [0.4, 0.5) is 5.69 Å². The lowest BCUT2D eigenvalue weighted by Gasteiger charge is -2.07. The molecule has 18 heavy (non-hydrogen) atoms. The van der Waals surface area contributed by atoms with Crippen LogP contribution >= 0.6 is 0 Å². The molecule has 2 rings (SSSR count). The minimum atomic E-state index is -0.502. The van der Waals surface area contributed by atoms with Gasteiger partial charge in [0.15, 0.2) is 0 Å². The van der Waals surface area contributed by atoms with E-state index in [1.807, 2.05) is 0 Å². The van der Waals surface area contributed by atoms with Crippen LogP contribution in [0.2, 0.25) is 0 Å². The number of nitrogens with two attached hydrogens (primary N) is 1. The van der Waals surface area contributed by atoms with Gasteiger partial charge < -0.3 is 16.4 Å². The van der Waals surface area contributed by atoms with E-state index in [-0.39, 0.29) is 12.5 Å². The molecule has 0 atom stereocenters. The van der Waals surface area contributed by atoms with E-state index in [4.69, 9.17) is 5.73 Å². The Balaban J connectivity index is 1.81. The minimum Gasteiger partial charge on any atom is -0.366 e. The van der Waals surface area contributed by atoms with Crippen LogP contribution < -0.4 is 16.4 Å². The first-order valence-corrected chi connectivity index (χ1v) is 6.05. The summed E-state index contributed by atoms with van der Waals surface area (Å²) in [5.74, 6) is 0.131. The normalized spacial score (nSPS) is 14.2. The SMILES string of the molecule is NC(=O)c1cccc(NC(=O)CNCC2CC2)c1. The highest BCUT2D eigenvalue weighted by molar-refractivity contribution is 5.96. The van der Waals surface area contributed by atoms with E-state index in [1.165, 1.54) is 12.8 Å². The first-order chi connectivity index (χ1) is 8.65. The van der Waals surface area contributed by atoms with E-state index in [9.17, 15) is 9.59 Å². The van der Waals surface area contributed by atoms with Gasteiger partial charge in [0.2, 0.25) is 11.8 Å². The number of amides is 2. The van der Waals surface area contributed by atoms with Crippen molar-refractivity contribution < 1.29 is 9.59 Å². The van der Waals surface area contributed by atoms with E-state index in [1.54, 1.807) is 24.3 Å². The summed E-state index contributed by atoms with van der Waals surface area (Å²) >= 11 is 0. The molecule has 0 radical (unpaired) electrons. The van der Waals surface area contributed by atoms with Crippen molar-refractivity contribution in [2.24, 2.45) is 11.7 Å². The maximum absolute atomic E-state index is 11.6. The highest BCUT2D eigenvalue weighted by atomic mass is 16.2. The molecule has 0 unspecified atom stereocenters. The quantitative estimate of drug-likeness (QED) is 0.692. The molecule has 0 aliphatic heterocycles. The van der Waals surface area contributed by atoms with Gasteiger partial charge in [-0.1, -0.05) is 6.07 Å². The molecule has 0 saturated heterocycles. The van der Waals surface area contributed by atoms with Gasteiger partial charge in [0.05, 0.1) is 6.54 Å². The highest BCUT2D eigenvalue weighted by Crippen LogP contribution is 2.27. The monoisotopic (exact) mass is 247 g/mol. The summed E-state index contributed by atoms with van der Waals surface area (Å²) in [6.07, 6.45) is 2.52. The highest BCUT2D eigenvalue weighted by Gasteiger charge is 2.20. The second-order valence-corrected chi connectivity index (χ2v) is 4.57. The fourth-order valence-corrected chi connectivity index (χ4v) is 1.67. The number of anilines is 1. The second kappa shape index (κ2) is 5.64. The third-order valence-electron chi connectivity index (χ3n) is 2.85. The molecule has 1 aliphatic rings. The Hall–Kier alpha value is -1.88. The van der Waals surface area contributed by atoms with Crippen LogP contribution in [0.15, 0.2) is 24.3 Å². The summed E-state index contributed by atoms with van der Waals surface area (Å²) in [5.41, 5.74) is 6.15. The van der Waals surface area contributed by atoms with Crippen molar-refractivity contribution in [3.63, 3.8) is 0 Å². The van der Waals surface area contributed by atoms with Crippen LogP contribution in [-0.2, 0) is 4.79 Å².